The predicted octanol–water partition coefficient (Wildman–Crippen LogP) is 8.47. The van der Waals surface area contributed by atoms with Crippen LogP contribution in [0.3, 0.4) is 0 Å². The molecule has 0 aliphatic rings. The van der Waals surface area contributed by atoms with Gasteiger partial charge < -0.3 is 0 Å². The second-order valence-electron chi connectivity index (χ2n) is 6.30. The molecule has 0 N–H and O–H groups in total. The van der Waals surface area contributed by atoms with Crippen molar-refractivity contribution in [3.05, 3.63) is 34.0 Å². The number of halogens is 2. The molecule has 0 bridgehead atoms. The average Bonchev–Trinajstić information content (AvgIpc) is 3.23. The second-order valence-corrected chi connectivity index (χ2v) is 9.71. The molecule has 0 aliphatic heterocycles. The number of hydrogen-bond donors (Lipinski definition) is 0. The van der Waals surface area contributed by atoms with Gasteiger partial charge in [-0.05, 0) is 72.5 Å². The van der Waals surface area contributed by atoms with Gasteiger partial charge in [-0.15, -0.1) is 22.7 Å². The van der Waals surface area contributed by atoms with E-state index in [-0.39, 0.29) is 0 Å². The van der Waals surface area contributed by atoms with E-state index in [2.05, 4.69) is 54.8 Å². The first-order chi connectivity index (χ1) is 11.8. The van der Waals surface area contributed by atoms with Gasteiger partial charge in [-0.25, -0.2) is 0 Å². The number of hydrogen-bond acceptors (Lipinski definition) is 2. The first-order valence-corrected chi connectivity index (χ1v) is 13.1. The lowest BCUT2D eigenvalue weighted by Gasteiger charge is -2.02. The fourth-order valence-corrected chi connectivity index (χ4v) is 5.78. The normalized spacial score (nSPS) is 11.2. The summed E-state index contributed by atoms with van der Waals surface area (Å²) in [6.07, 6.45) is 13.2. The van der Waals surface area contributed by atoms with Crippen LogP contribution in [0.4, 0.5) is 0 Å². The third-order valence-electron chi connectivity index (χ3n) is 4.30. The van der Waals surface area contributed by atoms with Crippen LogP contribution in [0.15, 0.2) is 22.9 Å². The van der Waals surface area contributed by atoms with Gasteiger partial charge in [0.15, 0.2) is 0 Å². The van der Waals surface area contributed by atoms with Crippen molar-refractivity contribution < 1.29 is 0 Å². The molecule has 0 amide bonds. The van der Waals surface area contributed by atoms with Crippen LogP contribution in [0, 0.1) is 0 Å². The van der Waals surface area contributed by atoms with Crippen molar-refractivity contribution in [2.24, 2.45) is 0 Å². The topological polar surface area (TPSA) is 0 Å². The van der Waals surface area contributed by atoms with Crippen molar-refractivity contribution in [1.82, 2.24) is 0 Å². The monoisotopic (exact) mass is 490 g/mol. The van der Waals surface area contributed by atoms with Crippen molar-refractivity contribution in [2.45, 2.75) is 64.2 Å². The van der Waals surface area contributed by atoms with Crippen molar-refractivity contribution >= 4 is 54.5 Å². The maximum absolute atomic E-state index is 3.52. The fraction of sp³-hybridized carbons (Fsp3) is 0.600. The molecule has 0 aromatic carbocycles. The number of alkyl halides is 2. The van der Waals surface area contributed by atoms with Crippen molar-refractivity contribution in [2.75, 3.05) is 10.7 Å². The highest BCUT2D eigenvalue weighted by Crippen LogP contribution is 2.35. The van der Waals surface area contributed by atoms with Gasteiger partial charge in [0.25, 0.3) is 0 Å². The summed E-state index contributed by atoms with van der Waals surface area (Å²) >= 11 is 10.9. The SMILES string of the molecule is BrCCCCCCc1csc(-c2sccc2CCCCCCBr)c1. The zero-order valence-corrected chi connectivity index (χ0v) is 19.2. The lowest BCUT2D eigenvalue weighted by Crippen LogP contribution is -1.86. The molecule has 2 aromatic rings. The Bertz CT molecular complexity index is 559. The van der Waals surface area contributed by atoms with E-state index in [4.69, 9.17) is 0 Å². The maximum Gasteiger partial charge on any atom is 0.0474 e. The van der Waals surface area contributed by atoms with Gasteiger partial charge >= 0.3 is 0 Å². The molecule has 0 saturated heterocycles. The van der Waals surface area contributed by atoms with Gasteiger partial charge in [-0.3, -0.25) is 0 Å². The average molecular weight is 492 g/mol. The third-order valence-corrected chi connectivity index (χ3v) is 7.54. The number of thiophene rings is 2. The molecular weight excluding hydrogens is 464 g/mol. The quantitative estimate of drug-likeness (QED) is 0.194. The largest absolute Gasteiger partial charge is 0.143 e. The Hall–Kier alpha value is 0.360. The van der Waals surface area contributed by atoms with Crippen LogP contribution in [0.1, 0.15) is 62.5 Å². The summed E-state index contributed by atoms with van der Waals surface area (Å²) in [4.78, 5) is 3.00. The lowest BCUT2D eigenvalue weighted by atomic mass is 10.1. The summed E-state index contributed by atoms with van der Waals surface area (Å²) < 4.78 is 0. The van der Waals surface area contributed by atoms with Gasteiger partial charge in [0.1, 0.15) is 0 Å². The zero-order valence-electron chi connectivity index (χ0n) is 14.4. The molecule has 0 radical (unpaired) electrons. The van der Waals surface area contributed by atoms with Crippen LogP contribution in [0.2, 0.25) is 0 Å². The number of aryl methyl sites for hydroxylation is 2. The third kappa shape index (κ3) is 7.31. The maximum atomic E-state index is 3.52. The van der Waals surface area contributed by atoms with E-state index in [1.165, 1.54) is 79.5 Å². The van der Waals surface area contributed by atoms with Crippen LogP contribution in [-0.2, 0) is 12.8 Å². The highest BCUT2D eigenvalue weighted by molar-refractivity contribution is 9.09. The van der Waals surface area contributed by atoms with E-state index < -0.39 is 0 Å². The highest BCUT2D eigenvalue weighted by Gasteiger charge is 2.09. The number of rotatable bonds is 13. The summed E-state index contributed by atoms with van der Waals surface area (Å²) in [5, 5.41) is 6.93. The predicted molar refractivity (Wildman–Crippen MR) is 120 cm³/mol. The molecule has 0 atom stereocenters. The van der Waals surface area contributed by atoms with Crippen molar-refractivity contribution in [3.63, 3.8) is 0 Å². The van der Waals surface area contributed by atoms with Gasteiger partial charge in [-0.1, -0.05) is 57.5 Å². The smallest absolute Gasteiger partial charge is 0.0474 e. The minimum absolute atomic E-state index is 1.14. The van der Waals surface area contributed by atoms with Crippen LogP contribution in [0.25, 0.3) is 9.75 Å². The van der Waals surface area contributed by atoms with Crippen LogP contribution in [-0.4, -0.2) is 10.7 Å². The number of unbranched alkanes of at least 4 members (excludes halogenated alkanes) is 6. The summed E-state index contributed by atoms with van der Waals surface area (Å²) in [5.41, 5.74) is 3.09. The van der Waals surface area contributed by atoms with Crippen LogP contribution < -0.4 is 0 Å². The standard InChI is InChI=1S/C20H28Br2S2/c21-12-7-3-1-5-9-17-15-19(24-16-17)20-18(11-14-23-20)10-6-2-4-8-13-22/h11,14-16H,1-10,12-13H2. The fourth-order valence-electron chi connectivity index (χ4n) is 2.92. The van der Waals surface area contributed by atoms with E-state index in [0.717, 1.165) is 10.7 Å². The lowest BCUT2D eigenvalue weighted by molar-refractivity contribution is 0.672. The Morgan fingerprint density at radius 3 is 2.12 bits per heavy atom. The Balaban J connectivity index is 1.80. The van der Waals surface area contributed by atoms with E-state index in [1.54, 1.807) is 5.56 Å². The summed E-state index contributed by atoms with van der Waals surface area (Å²) in [6, 6.07) is 4.78. The van der Waals surface area contributed by atoms with E-state index in [1.807, 2.05) is 22.7 Å². The van der Waals surface area contributed by atoms with E-state index in [0.29, 0.717) is 0 Å². The van der Waals surface area contributed by atoms with Crippen molar-refractivity contribution in [1.29, 1.82) is 0 Å². The van der Waals surface area contributed by atoms with Gasteiger partial charge in [0.2, 0.25) is 0 Å². The molecule has 0 spiro atoms. The summed E-state index contributed by atoms with van der Waals surface area (Å²) in [7, 11) is 0. The Morgan fingerprint density at radius 1 is 0.750 bits per heavy atom. The molecule has 0 saturated carbocycles. The molecule has 0 unspecified atom stereocenters. The summed E-state index contributed by atoms with van der Waals surface area (Å²) in [6.45, 7) is 0. The Morgan fingerprint density at radius 2 is 1.42 bits per heavy atom. The molecular formula is C20H28Br2S2. The first kappa shape index (κ1) is 20.7. The minimum Gasteiger partial charge on any atom is -0.143 e. The molecule has 2 heterocycles. The Labute approximate surface area is 172 Å². The molecule has 24 heavy (non-hydrogen) atoms. The van der Waals surface area contributed by atoms with Gasteiger partial charge in [0.05, 0.1) is 0 Å². The van der Waals surface area contributed by atoms with Gasteiger partial charge in [-0.2, -0.15) is 0 Å². The van der Waals surface area contributed by atoms with Gasteiger partial charge in [0, 0.05) is 20.4 Å². The van der Waals surface area contributed by atoms with E-state index >= 15 is 0 Å². The second kappa shape index (κ2) is 12.7. The Kier molecular flexibility index (Phi) is 10.9. The van der Waals surface area contributed by atoms with E-state index in [9.17, 15) is 0 Å². The zero-order chi connectivity index (χ0) is 17.0. The minimum atomic E-state index is 1.14. The molecule has 4 heteroatoms. The van der Waals surface area contributed by atoms with Crippen molar-refractivity contribution in [3.8, 4) is 9.75 Å². The molecule has 0 aliphatic carbocycles. The molecule has 2 rings (SSSR count). The molecule has 134 valence electrons. The molecule has 0 fully saturated rings. The summed E-state index contributed by atoms with van der Waals surface area (Å²) in [5.74, 6) is 0. The molecule has 0 nitrogen and oxygen atoms in total. The van der Waals surface area contributed by atoms with Crippen LogP contribution >= 0.6 is 54.5 Å². The highest BCUT2D eigenvalue weighted by atomic mass is 79.9. The molecule has 2 aromatic heterocycles. The first-order valence-electron chi connectivity index (χ1n) is 9.11. The van der Waals surface area contributed by atoms with Crippen LogP contribution in [0.5, 0.6) is 0 Å².